The number of halogens is 1. The van der Waals surface area contributed by atoms with Crippen molar-refractivity contribution in [1.82, 2.24) is 0 Å². The molecule has 0 rings (SSSR count). The van der Waals surface area contributed by atoms with E-state index in [1.165, 1.54) is 0 Å². The molecular weight excluding hydrogens is 168 g/mol. The van der Waals surface area contributed by atoms with E-state index in [4.69, 9.17) is 0 Å². The van der Waals surface area contributed by atoms with Crippen molar-refractivity contribution in [1.29, 1.82) is 0 Å². The molecule has 0 fully saturated rings. The first-order valence-electron chi connectivity index (χ1n) is 2.90. The highest BCUT2D eigenvalue weighted by molar-refractivity contribution is 9.09. The van der Waals surface area contributed by atoms with Gasteiger partial charge in [0.15, 0.2) is 0 Å². The molecule has 0 bridgehead atoms. The highest BCUT2D eigenvalue weighted by atomic mass is 79.9. The molecule has 0 radical (unpaired) electrons. The summed E-state index contributed by atoms with van der Waals surface area (Å²) in [5.74, 6) is 0. The molecule has 1 atom stereocenters. The SMILES string of the molecule is CCCCC(Br)C=O. The summed E-state index contributed by atoms with van der Waals surface area (Å²) in [6, 6.07) is 0. The zero-order valence-electron chi connectivity index (χ0n) is 5.06. The lowest BCUT2D eigenvalue weighted by Crippen LogP contribution is -1.96. The van der Waals surface area contributed by atoms with Crippen molar-refractivity contribution in [3.63, 3.8) is 0 Å². The van der Waals surface area contributed by atoms with Crippen LogP contribution in [-0.4, -0.2) is 11.1 Å². The minimum atomic E-state index is 0.0856. The summed E-state index contributed by atoms with van der Waals surface area (Å²) in [5, 5.41) is 0. The van der Waals surface area contributed by atoms with Crippen LogP contribution in [0, 0.1) is 0 Å². The smallest absolute Gasteiger partial charge is 0.133 e. The maximum atomic E-state index is 9.96. The van der Waals surface area contributed by atoms with Crippen molar-refractivity contribution in [3.8, 4) is 0 Å². The lowest BCUT2D eigenvalue weighted by molar-refractivity contribution is -0.107. The van der Waals surface area contributed by atoms with E-state index >= 15 is 0 Å². The fourth-order valence-corrected chi connectivity index (χ4v) is 0.791. The van der Waals surface area contributed by atoms with E-state index in [1.54, 1.807) is 0 Å². The first-order valence-corrected chi connectivity index (χ1v) is 3.82. The van der Waals surface area contributed by atoms with E-state index in [9.17, 15) is 4.79 Å². The van der Waals surface area contributed by atoms with Crippen LogP contribution in [0.5, 0.6) is 0 Å². The Morgan fingerprint density at radius 2 is 2.38 bits per heavy atom. The second-order valence-electron chi connectivity index (χ2n) is 1.79. The summed E-state index contributed by atoms with van der Waals surface area (Å²) < 4.78 is 0. The van der Waals surface area contributed by atoms with E-state index in [1.807, 2.05) is 0 Å². The fourth-order valence-electron chi connectivity index (χ4n) is 0.467. The molecule has 0 spiro atoms. The van der Waals surface area contributed by atoms with Gasteiger partial charge in [-0.05, 0) is 6.42 Å². The lowest BCUT2D eigenvalue weighted by atomic mass is 10.2. The van der Waals surface area contributed by atoms with Gasteiger partial charge in [0.1, 0.15) is 6.29 Å². The molecule has 0 N–H and O–H groups in total. The Hall–Kier alpha value is 0.150. The average Bonchev–Trinajstić information content (AvgIpc) is 1.83. The van der Waals surface area contributed by atoms with Crippen LogP contribution < -0.4 is 0 Å². The largest absolute Gasteiger partial charge is 0.302 e. The Bertz CT molecular complexity index is 63.5. The van der Waals surface area contributed by atoms with E-state index in [2.05, 4.69) is 22.9 Å². The Morgan fingerprint density at radius 1 is 1.75 bits per heavy atom. The van der Waals surface area contributed by atoms with Gasteiger partial charge in [-0.25, -0.2) is 0 Å². The van der Waals surface area contributed by atoms with Gasteiger partial charge in [-0.15, -0.1) is 0 Å². The molecule has 1 nitrogen and oxygen atoms in total. The number of carbonyl (C=O) groups excluding carboxylic acids is 1. The van der Waals surface area contributed by atoms with Crippen LogP contribution in [-0.2, 0) is 4.79 Å². The number of unbranched alkanes of at least 4 members (excludes halogenated alkanes) is 1. The van der Waals surface area contributed by atoms with Gasteiger partial charge in [0.2, 0.25) is 0 Å². The van der Waals surface area contributed by atoms with Gasteiger partial charge >= 0.3 is 0 Å². The van der Waals surface area contributed by atoms with Crippen LogP contribution in [0.15, 0.2) is 0 Å². The van der Waals surface area contributed by atoms with Crippen LogP contribution in [0.4, 0.5) is 0 Å². The van der Waals surface area contributed by atoms with E-state index in [-0.39, 0.29) is 4.83 Å². The van der Waals surface area contributed by atoms with Crippen LogP contribution in [0.1, 0.15) is 26.2 Å². The minimum Gasteiger partial charge on any atom is -0.302 e. The number of aldehydes is 1. The lowest BCUT2D eigenvalue weighted by Gasteiger charge is -1.96. The van der Waals surface area contributed by atoms with Crippen LogP contribution in [0.25, 0.3) is 0 Å². The first kappa shape index (κ1) is 8.15. The summed E-state index contributed by atoms with van der Waals surface area (Å²) in [5.41, 5.74) is 0. The molecule has 1 unspecified atom stereocenters. The zero-order chi connectivity index (χ0) is 6.41. The van der Waals surface area contributed by atoms with Gasteiger partial charge in [-0.2, -0.15) is 0 Å². The molecule has 0 aliphatic heterocycles. The number of alkyl halides is 1. The summed E-state index contributed by atoms with van der Waals surface area (Å²) in [6.07, 6.45) is 4.21. The van der Waals surface area contributed by atoms with Gasteiger partial charge in [-0.3, -0.25) is 0 Å². The Kier molecular flexibility index (Phi) is 5.39. The molecule has 0 amide bonds. The quantitative estimate of drug-likeness (QED) is 0.477. The molecule has 48 valence electrons. The number of hydrogen-bond donors (Lipinski definition) is 0. The Labute approximate surface area is 58.6 Å². The molecule has 0 aromatic rings. The standard InChI is InChI=1S/C6H11BrO/c1-2-3-4-6(7)5-8/h5-6H,2-4H2,1H3. The predicted molar refractivity (Wildman–Crippen MR) is 38.3 cm³/mol. The predicted octanol–water partition coefficient (Wildman–Crippen LogP) is 2.14. The number of carbonyl (C=O) groups is 1. The first-order chi connectivity index (χ1) is 3.81. The molecule has 0 aliphatic carbocycles. The Morgan fingerprint density at radius 3 is 2.75 bits per heavy atom. The molecule has 0 saturated carbocycles. The van der Waals surface area contributed by atoms with E-state index < -0.39 is 0 Å². The van der Waals surface area contributed by atoms with Crippen LogP contribution >= 0.6 is 15.9 Å². The highest BCUT2D eigenvalue weighted by Gasteiger charge is 1.97. The second kappa shape index (κ2) is 5.29. The minimum absolute atomic E-state index is 0.0856. The summed E-state index contributed by atoms with van der Waals surface area (Å²) in [7, 11) is 0. The van der Waals surface area contributed by atoms with Gasteiger partial charge in [0, 0.05) is 0 Å². The maximum Gasteiger partial charge on any atom is 0.133 e. The maximum absolute atomic E-state index is 9.96. The Balaban J connectivity index is 2.98. The highest BCUT2D eigenvalue weighted by Crippen LogP contribution is 2.05. The van der Waals surface area contributed by atoms with Gasteiger partial charge in [0.25, 0.3) is 0 Å². The van der Waals surface area contributed by atoms with Gasteiger partial charge in [0.05, 0.1) is 4.83 Å². The normalized spacial score (nSPS) is 13.2. The van der Waals surface area contributed by atoms with Crippen molar-refractivity contribution in [3.05, 3.63) is 0 Å². The van der Waals surface area contributed by atoms with Crippen molar-refractivity contribution in [2.24, 2.45) is 0 Å². The monoisotopic (exact) mass is 178 g/mol. The van der Waals surface area contributed by atoms with Crippen molar-refractivity contribution in [2.75, 3.05) is 0 Å². The third-order valence-electron chi connectivity index (χ3n) is 0.981. The fraction of sp³-hybridized carbons (Fsp3) is 0.833. The molecule has 0 heterocycles. The van der Waals surface area contributed by atoms with Crippen molar-refractivity contribution in [2.45, 2.75) is 31.0 Å². The third kappa shape index (κ3) is 4.31. The van der Waals surface area contributed by atoms with Crippen LogP contribution in [0.2, 0.25) is 0 Å². The average molecular weight is 179 g/mol. The van der Waals surface area contributed by atoms with Crippen LogP contribution in [0.3, 0.4) is 0 Å². The second-order valence-corrected chi connectivity index (χ2v) is 2.97. The summed E-state index contributed by atoms with van der Waals surface area (Å²) >= 11 is 3.21. The number of hydrogen-bond acceptors (Lipinski definition) is 1. The molecule has 0 aliphatic rings. The molecule has 2 heteroatoms. The molecule has 0 saturated heterocycles. The van der Waals surface area contributed by atoms with E-state index in [0.29, 0.717) is 0 Å². The molecular formula is C6H11BrO. The van der Waals surface area contributed by atoms with Crippen molar-refractivity contribution >= 4 is 22.2 Å². The topological polar surface area (TPSA) is 17.1 Å². The van der Waals surface area contributed by atoms with Crippen molar-refractivity contribution < 1.29 is 4.79 Å². The molecule has 0 aromatic heterocycles. The van der Waals surface area contributed by atoms with Gasteiger partial charge < -0.3 is 4.79 Å². The van der Waals surface area contributed by atoms with E-state index in [0.717, 1.165) is 25.5 Å². The molecule has 8 heavy (non-hydrogen) atoms. The van der Waals surface area contributed by atoms with Gasteiger partial charge in [-0.1, -0.05) is 35.7 Å². The third-order valence-corrected chi connectivity index (χ3v) is 1.65. The number of rotatable bonds is 4. The summed E-state index contributed by atoms with van der Waals surface area (Å²) in [6.45, 7) is 2.12. The zero-order valence-corrected chi connectivity index (χ0v) is 6.65. The summed E-state index contributed by atoms with van der Waals surface area (Å²) in [4.78, 5) is 10.0. The molecule has 0 aromatic carbocycles.